The number of hydrogen-bond acceptors (Lipinski definition) is 4. The topological polar surface area (TPSA) is 81.0 Å². The van der Waals surface area contributed by atoms with Crippen LogP contribution in [-0.2, 0) is 18.8 Å². The molecule has 10 heteroatoms. The van der Waals surface area contributed by atoms with Gasteiger partial charge >= 0.3 is 12.4 Å². The quantitative estimate of drug-likeness (QED) is 0.182. The number of furan rings is 1. The molecular formula is C24H14F6N2O2. The Morgan fingerprint density at radius 2 is 1.50 bits per heavy atom. The minimum absolute atomic E-state index is 0.0150. The highest BCUT2D eigenvalue weighted by molar-refractivity contribution is 6.00. The summed E-state index contributed by atoms with van der Waals surface area (Å²) >= 11 is 0. The number of aliphatic hydroxyl groups excluding tert-OH is 1. The van der Waals surface area contributed by atoms with Crippen LogP contribution in [0.5, 0.6) is 0 Å². The monoisotopic (exact) mass is 476 g/mol. The van der Waals surface area contributed by atoms with Crippen molar-refractivity contribution in [3.05, 3.63) is 76.8 Å². The van der Waals surface area contributed by atoms with Crippen LogP contribution in [0.15, 0.2) is 58.7 Å². The SMILES string of the molecule is C=C(O)C(=C(C#N)C#N)c1c(CC)oc2cc(-c3cc(C(F)(F)F)cc(C(F)(F)F)c3)ccc12. The van der Waals surface area contributed by atoms with Crippen LogP contribution in [0.2, 0.25) is 0 Å². The number of hydrogen-bond donors (Lipinski definition) is 1. The first-order valence-corrected chi connectivity index (χ1v) is 9.60. The van der Waals surface area contributed by atoms with Crippen molar-refractivity contribution in [3.63, 3.8) is 0 Å². The van der Waals surface area contributed by atoms with Crippen LogP contribution in [0.3, 0.4) is 0 Å². The lowest BCUT2D eigenvalue weighted by Gasteiger charge is -2.14. The molecular weight excluding hydrogens is 462 g/mol. The Bertz CT molecular complexity index is 1360. The third-order valence-corrected chi connectivity index (χ3v) is 5.02. The lowest BCUT2D eigenvalue weighted by molar-refractivity contribution is -0.143. The van der Waals surface area contributed by atoms with Gasteiger partial charge in [0.2, 0.25) is 0 Å². The fourth-order valence-electron chi connectivity index (χ4n) is 3.52. The van der Waals surface area contributed by atoms with Crippen LogP contribution in [-0.4, -0.2) is 5.11 Å². The summed E-state index contributed by atoms with van der Waals surface area (Å²) in [6.45, 7) is 5.06. The first-order valence-electron chi connectivity index (χ1n) is 9.60. The van der Waals surface area contributed by atoms with Gasteiger partial charge in [0.1, 0.15) is 34.8 Å². The number of alkyl halides is 6. The molecule has 0 spiro atoms. The van der Waals surface area contributed by atoms with E-state index in [1.54, 1.807) is 19.1 Å². The van der Waals surface area contributed by atoms with E-state index in [9.17, 15) is 42.0 Å². The average Bonchev–Trinajstić information content (AvgIpc) is 3.12. The first kappa shape index (κ1) is 24.5. The van der Waals surface area contributed by atoms with Crippen molar-refractivity contribution in [1.82, 2.24) is 0 Å². The molecule has 174 valence electrons. The van der Waals surface area contributed by atoms with Crippen LogP contribution in [0.1, 0.15) is 29.4 Å². The van der Waals surface area contributed by atoms with E-state index < -0.39 is 34.8 Å². The molecule has 3 rings (SSSR count). The van der Waals surface area contributed by atoms with E-state index in [2.05, 4.69) is 6.58 Å². The Morgan fingerprint density at radius 3 is 1.94 bits per heavy atom. The van der Waals surface area contributed by atoms with Crippen molar-refractivity contribution in [3.8, 4) is 23.3 Å². The number of aryl methyl sites for hydroxylation is 1. The molecule has 0 bridgehead atoms. The summed E-state index contributed by atoms with van der Waals surface area (Å²) in [5, 5.41) is 28.8. The van der Waals surface area contributed by atoms with E-state index in [1.165, 1.54) is 18.2 Å². The maximum absolute atomic E-state index is 13.2. The largest absolute Gasteiger partial charge is 0.508 e. The van der Waals surface area contributed by atoms with Crippen LogP contribution >= 0.6 is 0 Å². The van der Waals surface area contributed by atoms with Gasteiger partial charge in [0.15, 0.2) is 0 Å². The minimum atomic E-state index is -5.00. The average molecular weight is 476 g/mol. The number of allylic oxidation sites excluding steroid dienone is 2. The molecule has 0 aliphatic rings. The van der Waals surface area contributed by atoms with Gasteiger partial charge in [-0.2, -0.15) is 36.9 Å². The molecule has 0 aliphatic heterocycles. The van der Waals surface area contributed by atoms with Crippen molar-refractivity contribution in [1.29, 1.82) is 10.5 Å². The van der Waals surface area contributed by atoms with Crippen LogP contribution < -0.4 is 0 Å². The number of halogens is 6. The zero-order valence-electron chi connectivity index (χ0n) is 17.4. The third-order valence-electron chi connectivity index (χ3n) is 5.02. The Morgan fingerprint density at radius 1 is 0.941 bits per heavy atom. The van der Waals surface area contributed by atoms with E-state index in [0.717, 1.165) is 0 Å². The maximum Gasteiger partial charge on any atom is 0.416 e. The molecule has 0 unspecified atom stereocenters. The molecule has 0 amide bonds. The second kappa shape index (κ2) is 8.64. The van der Waals surface area contributed by atoms with E-state index >= 15 is 0 Å². The van der Waals surface area contributed by atoms with Gasteiger partial charge < -0.3 is 9.52 Å². The second-order valence-electron chi connectivity index (χ2n) is 7.18. The van der Waals surface area contributed by atoms with Crippen LogP contribution in [0.25, 0.3) is 27.7 Å². The van der Waals surface area contributed by atoms with Crippen molar-refractivity contribution >= 4 is 16.5 Å². The Kier molecular flexibility index (Phi) is 6.21. The van der Waals surface area contributed by atoms with Gasteiger partial charge in [-0.15, -0.1) is 0 Å². The highest BCUT2D eigenvalue weighted by Crippen LogP contribution is 2.41. The summed E-state index contributed by atoms with van der Waals surface area (Å²) in [5.74, 6) is -0.340. The number of nitrogens with zero attached hydrogens (tertiary/aromatic N) is 2. The van der Waals surface area contributed by atoms with Gasteiger partial charge in [-0.1, -0.05) is 19.6 Å². The fraction of sp³-hybridized carbons (Fsp3) is 0.167. The molecule has 34 heavy (non-hydrogen) atoms. The summed E-state index contributed by atoms with van der Waals surface area (Å²) in [4.78, 5) is 0. The molecule has 0 fully saturated rings. The molecule has 0 radical (unpaired) electrons. The molecule has 1 N–H and O–H groups in total. The third kappa shape index (κ3) is 4.48. The molecule has 0 atom stereocenters. The molecule has 1 heterocycles. The maximum atomic E-state index is 13.2. The van der Waals surface area contributed by atoms with E-state index in [1.807, 2.05) is 0 Å². The summed E-state index contributed by atoms with van der Waals surface area (Å²) in [7, 11) is 0. The number of nitriles is 2. The number of benzene rings is 2. The zero-order valence-corrected chi connectivity index (χ0v) is 17.4. The van der Waals surface area contributed by atoms with Gasteiger partial charge in [-0.3, -0.25) is 0 Å². The Balaban J connectivity index is 2.31. The lowest BCUT2D eigenvalue weighted by atomic mass is 9.94. The van der Waals surface area contributed by atoms with Gasteiger partial charge in [-0.05, 0) is 41.5 Å². The van der Waals surface area contributed by atoms with Crippen molar-refractivity contribution in [2.45, 2.75) is 25.7 Å². The smallest absolute Gasteiger partial charge is 0.416 e. The summed E-state index contributed by atoms with van der Waals surface area (Å²) in [5.41, 5.74) is -3.59. The molecule has 0 aliphatic carbocycles. The van der Waals surface area contributed by atoms with Crippen molar-refractivity contribution in [2.75, 3.05) is 0 Å². The molecule has 0 saturated carbocycles. The lowest BCUT2D eigenvalue weighted by Crippen LogP contribution is -2.11. The normalized spacial score (nSPS) is 11.7. The van der Waals surface area contributed by atoms with Crippen LogP contribution in [0, 0.1) is 22.7 Å². The molecule has 2 aromatic carbocycles. The van der Waals surface area contributed by atoms with E-state index in [4.69, 9.17) is 4.42 Å². The first-order chi connectivity index (χ1) is 15.8. The Labute approximate surface area is 189 Å². The van der Waals surface area contributed by atoms with Gasteiger partial charge in [0.25, 0.3) is 0 Å². The molecule has 3 aromatic rings. The fourth-order valence-corrected chi connectivity index (χ4v) is 3.52. The minimum Gasteiger partial charge on any atom is -0.508 e. The van der Waals surface area contributed by atoms with Gasteiger partial charge in [-0.25, -0.2) is 0 Å². The zero-order chi connectivity index (χ0) is 25.4. The number of aliphatic hydroxyl groups is 1. The molecule has 0 saturated heterocycles. The van der Waals surface area contributed by atoms with Crippen molar-refractivity contribution in [2.24, 2.45) is 0 Å². The van der Waals surface area contributed by atoms with Crippen LogP contribution in [0.4, 0.5) is 26.3 Å². The Hall–Kier alpha value is -4.18. The van der Waals surface area contributed by atoms with E-state index in [-0.39, 0.29) is 51.5 Å². The highest BCUT2D eigenvalue weighted by atomic mass is 19.4. The molecule has 4 nitrogen and oxygen atoms in total. The number of rotatable bonds is 4. The van der Waals surface area contributed by atoms with E-state index in [0.29, 0.717) is 12.1 Å². The highest BCUT2D eigenvalue weighted by Gasteiger charge is 2.37. The summed E-state index contributed by atoms with van der Waals surface area (Å²) < 4.78 is 85.2. The van der Waals surface area contributed by atoms with Crippen molar-refractivity contribution < 1.29 is 35.9 Å². The van der Waals surface area contributed by atoms with Gasteiger partial charge in [0.05, 0.1) is 16.7 Å². The predicted molar refractivity (Wildman–Crippen MR) is 111 cm³/mol. The molecule has 1 aromatic heterocycles. The summed E-state index contributed by atoms with van der Waals surface area (Å²) in [6.07, 6.45) is -9.76. The summed E-state index contributed by atoms with van der Waals surface area (Å²) in [6, 6.07) is 8.47. The second-order valence-corrected chi connectivity index (χ2v) is 7.18. The predicted octanol–water partition coefficient (Wildman–Crippen LogP) is 7.57. The van der Waals surface area contributed by atoms with Gasteiger partial charge in [0, 0.05) is 17.4 Å². The number of fused-ring (bicyclic) bond motifs is 1. The standard InChI is InChI=1S/C24H14F6N2O2/c1-3-19-22(21(12(2)33)15(10-31)11-32)18-5-4-13(8-20(18)34-19)14-6-16(23(25,26)27)9-17(7-14)24(28,29)30/h4-9,33H,2-3H2,1H3.